The number of nitrogens with one attached hydrogen (secondary N) is 2. The monoisotopic (exact) mass is 434 g/mol. The summed E-state index contributed by atoms with van der Waals surface area (Å²) < 4.78 is 18.0. The Hall–Kier alpha value is -1.73. The van der Waals surface area contributed by atoms with Crippen LogP contribution in [0.15, 0.2) is 24.3 Å². The van der Waals surface area contributed by atoms with Gasteiger partial charge in [0.15, 0.2) is 0 Å². The van der Waals surface area contributed by atoms with Gasteiger partial charge in [-0.1, -0.05) is 31.4 Å². The zero-order chi connectivity index (χ0) is 21.3. The summed E-state index contributed by atoms with van der Waals surface area (Å²) in [5.74, 6) is 0.629. The van der Waals surface area contributed by atoms with Crippen LogP contribution in [0, 0.1) is 5.92 Å². The Morgan fingerprint density at radius 3 is 2.60 bits per heavy atom. The molecule has 1 saturated carbocycles. The minimum atomic E-state index is -0.949. The van der Waals surface area contributed by atoms with Gasteiger partial charge in [-0.05, 0) is 56.2 Å². The second-order valence-electron chi connectivity index (χ2n) is 8.52. The van der Waals surface area contributed by atoms with E-state index in [0.29, 0.717) is 37.0 Å². The fraction of sp³-hybridized carbons (Fsp3) is 0.652. The third-order valence-corrected chi connectivity index (χ3v) is 7.85. The van der Waals surface area contributed by atoms with Crippen molar-refractivity contribution in [3.8, 4) is 0 Å². The van der Waals surface area contributed by atoms with E-state index in [1.165, 1.54) is 19.3 Å². The average Bonchev–Trinajstić information content (AvgIpc) is 2.75. The molecule has 1 aromatic rings. The van der Waals surface area contributed by atoms with E-state index < -0.39 is 16.8 Å². The molecule has 2 amide bonds. The van der Waals surface area contributed by atoms with Crippen molar-refractivity contribution >= 4 is 28.3 Å². The molecule has 1 aliphatic carbocycles. The molecule has 2 fully saturated rings. The lowest BCUT2D eigenvalue weighted by Gasteiger charge is -2.22. The summed E-state index contributed by atoms with van der Waals surface area (Å²) in [6, 6.07) is 6.88. The van der Waals surface area contributed by atoms with E-state index in [0.717, 1.165) is 31.2 Å². The van der Waals surface area contributed by atoms with E-state index in [2.05, 4.69) is 10.6 Å². The minimum Gasteiger partial charge on any atom is -0.381 e. The summed E-state index contributed by atoms with van der Waals surface area (Å²) in [6.07, 6.45) is 8.05. The van der Waals surface area contributed by atoms with Gasteiger partial charge in [-0.15, -0.1) is 0 Å². The molecule has 2 atom stereocenters. The van der Waals surface area contributed by atoms with Crippen LogP contribution in [0.3, 0.4) is 0 Å². The Morgan fingerprint density at radius 1 is 1.13 bits per heavy atom. The molecule has 1 saturated heterocycles. The molecule has 0 radical (unpaired) electrons. The first-order valence-electron chi connectivity index (χ1n) is 11.2. The second-order valence-corrected chi connectivity index (χ2v) is 10.2. The first-order chi connectivity index (χ1) is 14.5. The molecule has 3 rings (SSSR count). The van der Waals surface area contributed by atoms with Crippen molar-refractivity contribution in [3.63, 3.8) is 0 Å². The summed E-state index contributed by atoms with van der Waals surface area (Å²) in [4.78, 5) is 24.8. The van der Waals surface area contributed by atoms with E-state index in [9.17, 15) is 13.8 Å². The van der Waals surface area contributed by atoms with Crippen LogP contribution in [0.2, 0.25) is 0 Å². The summed E-state index contributed by atoms with van der Waals surface area (Å²) in [7, 11) is -0.949. The molecule has 0 bridgehead atoms. The van der Waals surface area contributed by atoms with Crippen molar-refractivity contribution in [2.24, 2.45) is 5.92 Å². The van der Waals surface area contributed by atoms with Crippen LogP contribution in [-0.2, 0) is 30.9 Å². The number of rotatable bonds is 8. The zero-order valence-electron chi connectivity index (χ0n) is 17.9. The molecule has 6 nitrogen and oxygen atoms in total. The molecule has 0 aromatic heterocycles. The Bertz CT molecular complexity index is 742. The predicted octanol–water partition coefficient (Wildman–Crippen LogP) is 3.53. The van der Waals surface area contributed by atoms with Crippen LogP contribution in [0.5, 0.6) is 0 Å². The van der Waals surface area contributed by atoms with Crippen LogP contribution in [0.1, 0.15) is 63.9 Å². The number of hydrogen-bond donors (Lipinski definition) is 2. The van der Waals surface area contributed by atoms with Crippen LogP contribution >= 0.6 is 0 Å². The van der Waals surface area contributed by atoms with Crippen molar-refractivity contribution in [1.29, 1.82) is 0 Å². The highest BCUT2D eigenvalue weighted by molar-refractivity contribution is 7.84. The van der Waals surface area contributed by atoms with Gasteiger partial charge in [0.05, 0.1) is 0 Å². The predicted molar refractivity (Wildman–Crippen MR) is 120 cm³/mol. The highest BCUT2D eigenvalue weighted by atomic mass is 32.2. The number of carbonyl (C=O) groups excluding carboxylic acids is 2. The van der Waals surface area contributed by atoms with Gasteiger partial charge >= 0.3 is 0 Å². The molecular weight excluding hydrogens is 400 g/mol. The van der Waals surface area contributed by atoms with Gasteiger partial charge in [-0.25, -0.2) is 0 Å². The molecule has 1 heterocycles. The molecule has 0 spiro atoms. The number of benzene rings is 1. The molecular formula is C23H34N2O4S. The summed E-state index contributed by atoms with van der Waals surface area (Å²) in [5, 5.41) is 5.87. The van der Waals surface area contributed by atoms with Gasteiger partial charge in [0, 0.05) is 47.1 Å². The molecule has 2 N–H and O–H groups in total. The number of ether oxygens (including phenoxy) is 1. The number of hydrogen-bond acceptors (Lipinski definition) is 4. The van der Waals surface area contributed by atoms with Crippen molar-refractivity contribution in [2.75, 3.05) is 18.5 Å². The molecule has 30 heavy (non-hydrogen) atoms. The summed E-state index contributed by atoms with van der Waals surface area (Å²) >= 11 is 0. The molecule has 166 valence electrons. The lowest BCUT2D eigenvalue weighted by molar-refractivity contribution is -0.126. The Kier molecular flexibility index (Phi) is 8.88. The van der Waals surface area contributed by atoms with E-state index in [1.54, 1.807) is 6.92 Å². The first kappa shape index (κ1) is 22.9. The van der Waals surface area contributed by atoms with Crippen LogP contribution in [0.25, 0.3) is 0 Å². The van der Waals surface area contributed by atoms with Crippen LogP contribution in [-0.4, -0.2) is 40.5 Å². The van der Waals surface area contributed by atoms with E-state index >= 15 is 0 Å². The molecule has 7 heteroatoms. The maximum atomic E-state index is 12.6. The zero-order valence-corrected chi connectivity index (χ0v) is 18.7. The van der Waals surface area contributed by atoms with Crippen LogP contribution in [0.4, 0.5) is 5.69 Å². The fourth-order valence-electron chi connectivity index (χ4n) is 4.23. The largest absolute Gasteiger partial charge is 0.381 e. The number of carbonyl (C=O) groups is 2. The summed E-state index contributed by atoms with van der Waals surface area (Å²) in [5.41, 5.74) is 1.60. The quantitative estimate of drug-likeness (QED) is 0.656. The lowest BCUT2D eigenvalue weighted by atomic mass is 9.87. The Labute approximate surface area is 182 Å². The smallest absolute Gasteiger partial charge is 0.246 e. The maximum Gasteiger partial charge on any atom is 0.246 e. The van der Waals surface area contributed by atoms with Crippen molar-refractivity contribution < 1.29 is 18.5 Å². The summed E-state index contributed by atoms with van der Waals surface area (Å²) in [6.45, 7) is 3.06. The minimum absolute atomic E-state index is 0.0508. The second kappa shape index (κ2) is 11.6. The van der Waals surface area contributed by atoms with Gasteiger partial charge in [-0.2, -0.15) is 0 Å². The number of anilines is 1. The average molecular weight is 435 g/mol. The van der Waals surface area contributed by atoms with E-state index in [4.69, 9.17) is 4.74 Å². The third-order valence-electron chi connectivity index (χ3n) is 6.01. The normalized spacial score (nSPS) is 20.3. The van der Waals surface area contributed by atoms with E-state index in [-0.39, 0.29) is 17.1 Å². The van der Waals surface area contributed by atoms with Crippen molar-refractivity contribution in [2.45, 2.75) is 75.3 Å². The molecule has 1 aliphatic heterocycles. The first-order valence-corrected chi connectivity index (χ1v) is 12.5. The standard InChI is InChI=1S/C23H34N2O4S/c1-17(24-22(26)15-18-6-3-2-4-7-18)23(27)25-20-9-5-8-19(14-20)16-30(28)21-10-12-29-13-11-21/h5,8-9,14,17-18,21H,2-4,6-7,10-13,15-16H2,1H3,(H,24,26)(H,25,27). The third kappa shape index (κ3) is 7.20. The van der Waals surface area contributed by atoms with Gasteiger partial charge in [0.25, 0.3) is 0 Å². The van der Waals surface area contributed by atoms with E-state index in [1.807, 2.05) is 24.3 Å². The highest BCUT2D eigenvalue weighted by Crippen LogP contribution is 2.26. The number of amides is 2. The van der Waals surface area contributed by atoms with Gasteiger partial charge in [0.2, 0.25) is 11.8 Å². The Balaban J connectivity index is 1.47. The lowest BCUT2D eigenvalue weighted by Crippen LogP contribution is -2.42. The van der Waals surface area contributed by atoms with Gasteiger partial charge in [0.1, 0.15) is 6.04 Å². The SMILES string of the molecule is CC(NC(=O)CC1CCCCC1)C(=O)Nc1cccc(CS(=O)C2CCOCC2)c1. The fourth-order valence-corrected chi connectivity index (χ4v) is 5.69. The van der Waals surface area contributed by atoms with Gasteiger partial charge < -0.3 is 15.4 Å². The van der Waals surface area contributed by atoms with Crippen molar-refractivity contribution in [3.05, 3.63) is 29.8 Å². The van der Waals surface area contributed by atoms with Crippen molar-refractivity contribution in [1.82, 2.24) is 5.32 Å². The highest BCUT2D eigenvalue weighted by Gasteiger charge is 2.22. The topological polar surface area (TPSA) is 84.5 Å². The Morgan fingerprint density at radius 2 is 1.87 bits per heavy atom. The van der Waals surface area contributed by atoms with Gasteiger partial charge in [-0.3, -0.25) is 13.8 Å². The molecule has 2 aliphatic rings. The molecule has 2 unspecified atom stereocenters. The maximum absolute atomic E-state index is 12.6. The van der Waals surface area contributed by atoms with Crippen LogP contribution < -0.4 is 10.6 Å². The molecule has 1 aromatic carbocycles.